The maximum atomic E-state index is 13.6. The molecule has 1 aromatic carbocycles. The van der Waals surface area contributed by atoms with E-state index in [1.165, 1.54) is 18.2 Å². The molecule has 1 aromatic rings. The Morgan fingerprint density at radius 2 is 2.00 bits per heavy atom. The van der Waals surface area contributed by atoms with E-state index in [-0.39, 0.29) is 17.0 Å². The summed E-state index contributed by atoms with van der Waals surface area (Å²) in [6.45, 7) is 1.74. The highest BCUT2D eigenvalue weighted by atomic mass is 35.5. The second-order valence-corrected chi connectivity index (χ2v) is 4.41. The standard InChI is InChI=1S/C12H11Cl2FO2/c1-2-3-10(16)11(15)12(17)8-5-4-7(13)6-9(8)14/h4-6,11H,2-3H2,1H3. The van der Waals surface area contributed by atoms with Crippen LogP contribution in [0.4, 0.5) is 4.39 Å². The molecule has 0 saturated heterocycles. The molecule has 0 bridgehead atoms. The van der Waals surface area contributed by atoms with Crippen LogP contribution in [-0.2, 0) is 4.79 Å². The molecule has 0 aromatic heterocycles. The first-order valence-corrected chi connectivity index (χ1v) is 5.89. The Morgan fingerprint density at radius 3 is 2.53 bits per heavy atom. The second kappa shape index (κ2) is 6.12. The van der Waals surface area contributed by atoms with Gasteiger partial charge in [0, 0.05) is 17.0 Å². The van der Waals surface area contributed by atoms with Gasteiger partial charge in [0.1, 0.15) is 0 Å². The minimum atomic E-state index is -2.14. The van der Waals surface area contributed by atoms with E-state index in [4.69, 9.17) is 23.2 Å². The SMILES string of the molecule is CCCC(=O)C(F)C(=O)c1ccc(Cl)cc1Cl. The van der Waals surface area contributed by atoms with Crippen molar-refractivity contribution in [1.29, 1.82) is 0 Å². The predicted octanol–water partition coefficient (Wildman–Crippen LogP) is 3.88. The number of hydrogen-bond acceptors (Lipinski definition) is 2. The molecule has 1 rings (SSSR count). The summed E-state index contributed by atoms with van der Waals surface area (Å²) in [5, 5.41) is 0.399. The van der Waals surface area contributed by atoms with Crippen molar-refractivity contribution in [3.63, 3.8) is 0 Å². The molecule has 5 heteroatoms. The first-order chi connectivity index (χ1) is 7.97. The molecule has 0 saturated carbocycles. The zero-order chi connectivity index (χ0) is 13.0. The fourth-order valence-corrected chi connectivity index (χ4v) is 1.85. The number of Topliss-reactive ketones (excluding diaryl/α,β-unsaturated/α-hetero) is 2. The minimum absolute atomic E-state index is 0.0204. The molecule has 0 radical (unpaired) electrons. The number of benzene rings is 1. The van der Waals surface area contributed by atoms with E-state index in [0.717, 1.165) is 0 Å². The van der Waals surface area contributed by atoms with Crippen LogP contribution in [0.1, 0.15) is 30.1 Å². The van der Waals surface area contributed by atoms with Gasteiger partial charge in [-0.1, -0.05) is 30.1 Å². The zero-order valence-electron chi connectivity index (χ0n) is 9.17. The molecule has 0 aliphatic heterocycles. The Balaban J connectivity index is 2.92. The normalized spacial score (nSPS) is 12.2. The summed E-state index contributed by atoms with van der Waals surface area (Å²) in [5.74, 6) is -1.63. The van der Waals surface area contributed by atoms with Gasteiger partial charge in [0.2, 0.25) is 12.0 Å². The highest BCUT2D eigenvalue weighted by Gasteiger charge is 2.27. The number of carbonyl (C=O) groups excluding carboxylic acids is 2. The van der Waals surface area contributed by atoms with Gasteiger partial charge in [-0.05, 0) is 24.6 Å². The second-order valence-electron chi connectivity index (χ2n) is 3.57. The molecule has 0 heterocycles. The molecule has 1 unspecified atom stereocenters. The largest absolute Gasteiger partial charge is 0.296 e. The third-order valence-corrected chi connectivity index (χ3v) is 2.75. The maximum absolute atomic E-state index is 13.6. The summed E-state index contributed by atoms with van der Waals surface area (Å²) >= 11 is 11.4. The molecular formula is C12H11Cl2FO2. The van der Waals surface area contributed by atoms with Crippen molar-refractivity contribution in [2.75, 3.05) is 0 Å². The summed E-state index contributed by atoms with van der Waals surface area (Å²) in [7, 11) is 0. The van der Waals surface area contributed by atoms with E-state index in [9.17, 15) is 14.0 Å². The zero-order valence-corrected chi connectivity index (χ0v) is 10.7. The van der Waals surface area contributed by atoms with Gasteiger partial charge in [-0.2, -0.15) is 0 Å². The molecule has 0 aliphatic rings. The van der Waals surface area contributed by atoms with Crippen molar-refractivity contribution in [2.45, 2.75) is 25.9 Å². The molecular weight excluding hydrogens is 266 g/mol. The van der Waals surface area contributed by atoms with Gasteiger partial charge in [-0.25, -0.2) is 4.39 Å². The summed E-state index contributed by atoms with van der Waals surface area (Å²) in [4.78, 5) is 22.9. The Labute approximate surface area is 109 Å². The van der Waals surface area contributed by atoms with Gasteiger partial charge in [0.05, 0.1) is 5.02 Å². The van der Waals surface area contributed by atoms with Crippen LogP contribution in [0.5, 0.6) is 0 Å². The number of halogens is 3. The topological polar surface area (TPSA) is 34.1 Å². The Hall–Kier alpha value is -0.930. The summed E-state index contributed by atoms with van der Waals surface area (Å²) in [6.07, 6.45) is -1.60. The average molecular weight is 277 g/mol. The monoisotopic (exact) mass is 276 g/mol. The molecule has 1 atom stereocenters. The lowest BCUT2D eigenvalue weighted by Gasteiger charge is -2.07. The summed E-state index contributed by atoms with van der Waals surface area (Å²) in [5.41, 5.74) is -0.0204. The molecule has 0 aliphatic carbocycles. The van der Waals surface area contributed by atoms with Crippen molar-refractivity contribution in [3.05, 3.63) is 33.8 Å². The van der Waals surface area contributed by atoms with E-state index >= 15 is 0 Å². The van der Waals surface area contributed by atoms with Gasteiger partial charge in [0.15, 0.2) is 5.78 Å². The molecule has 92 valence electrons. The lowest BCUT2D eigenvalue weighted by atomic mass is 10.0. The number of ketones is 2. The van der Waals surface area contributed by atoms with E-state index in [2.05, 4.69) is 0 Å². The Kier molecular flexibility index (Phi) is 5.09. The fourth-order valence-electron chi connectivity index (χ4n) is 1.35. The smallest absolute Gasteiger partial charge is 0.220 e. The molecule has 0 N–H and O–H groups in total. The number of hydrogen-bond donors (Lipinski definition) is 0. The summed E-state index contributed by atoms with van der Waals surface area (Å²) < 4.78 is 13.6. The number of carbonyl (C=O) groups is 2. The molecule has 2 nitrogen and oxygen atoms in total. The van der Waals surface area contributed by atoms with Crippen LogP contribution in [0.2, 0.25) is 10.0 Å². The van der Waals surface area contributed by atoms with Crippen molar-refractivity contribution >= 4 is 34.8 Å². The fraction of sp³-hybridized carbons (Fsp3) is 0.333. The third kappa shape index (κ3) is 3.51. The number of rotatable bonds is 5. The van der Waals surface area contributed by atoms with E-state index in [1.54, 1.807) is 6.92 Å². The molecule has 0 amide bonds. The van der Waals surface area contributed by atoms with Crippen LogP contribution in [0.15, 0.2) is 18.2 Å². The van der Waals surface area contributed by atoms with Crippen LogP contribution in [0.3, 0.4) is 0 Å². The third-order valence-electron chi connectivity index (χ3n) is 2.21. The van der Waals surface area contributed by atoms with Crippen LogP contribution >= 0.6 is 23.2 Å². The molecule has 0 fully saturated rings. The minimum Gasteiger partial charge on any atom is -0.296 e. The Bertz CT molecular complexity index is 446. The predicted molar refractivity (Wildman–Crippen MR) is 65.6 cm³/mol. The Morgan fingerprint density at radius 1 is 1.35 bits per heavy atom. The lowest BCUT2D eigenvalue weighted by molar-refractivity contribution is -0.122. The van der Waals surface area contributed by atoms with Crippen LogP contribution in [0, 0.1) is 0 Å². The van der Waals surface area contributed by atoms with Gasteiger partial charge in [-0.15, -0.1) is 0 Å². The average Bonchev–Trinajstić information content (AvgIpc) is 2.27. The molecule has 0 spiro atoms. The van der Waals surface area contributed by atoms with Gasteiger partial charge in [-0.3, -0.25) is 9.59 Å². The van der Waals surface area contributed by atoms with Crippen LogP contribution in [-0.4, -0.2) is 17.7 Å². The van der Waals surface area contributed by atoms with Crippen molar-refractivity contribution < 1.29 is 14.0 Å². The number of alkyl halides is 1. The van der Waals surface area contributed by atoms with Crippen molar-refractivity contribution in [3.8, 4) is 0 Å². The first kappa shape index (κ1) is 14.1. The summed E-state index contributed by atoms with van der Waals surface area (Å²) in [6, 6.07) is 4.09. The van der Waals surface area contributed by atoms with Gasteiger partial charge < -0.3 is 0 Å². The molecule has 17 heavy (non-hydrogen) atoms. The highest BCUT2D eigenvalue weighted by molar-refractivity contribution is 6.37. The lowest BCUT2D eigenvalue weighted by Crippen LogP contribution is -2.25. The van der Waals surface area contributed by atoms with Gasteiger partial charge in [0.25, 0.3) is 0 Å². The van der Waals surface area contributed by atoms with Crippen molar-refractivity contribution in [2.24, 2.45) is 0 Å². The van der Waals surface area contributed by atoms with E-state index in [0.29, 0.717) is 11.4 Å². The highest BCUT2D eigenvalue weighted by Crippen LogP contribution is 2.23. The van der Waals surface area contributed by atoms with Gasteiger partial charge >= 0.3 is 0 Å². The van der Waals surface area contributed by atoms with Crippen LogP contribution in [0.25, 0.3) is 0 Å². The first-order valence-electron chi connectivity index (χ1n) is 5.13. The maximum Gasteiger partial charge on any atom is 0.220 e. The van der Waals surface area contributed by atoms with E-state index in [1.807, 2.05) is 0 Å². The van der Waals surface area contributed by atoms with Crippen LogP contribution < -0.4 is 0 Å². The van der Waals surface area contributed by atoms with Crippen molar-refractivity contribution in [1.82, 2.24) is 0 Å². The quantitative estimate of drug-likeness (QED) is 0.604. The van der Waals surface area contributed by atoms with E-state index < -0.39 is 17.7 Å².